The zero-order valence-electron chi connectivity index (χ0n) is 22.7. The Morgan fingerprint density at radius 1 is 0.742 bits per heavy atom. The molecule has 0 bridgehead atoms. The van der Waals surface area contributed by atoms with E-state index in [1.807, 2.05) is 0 Å². The second-order valence-electron chi connectivity index (χ2n) is 12.7. The number of alkyl halides is 1. The maximum atomic E-state index is 6.64. The Morgan fingerprint density at radius 3 is 1.77 bits per heavy atom. The van der Waals surface area contributed by atoms with Gasteiger partial charge in [-0.1, -0.05) is 20.8 Å². The van der Waals surface area contributed by atoms with Gasteiger partial charge in [0.1, 0.15) is 0 Å². The lowest BCUT2D eigenvalue weighted by Gasteiger charge is -2.37. The predicted octanol–water partition coefficient (Wildman–Crippen LogP) is 7.26. The Morgan fingerprint density at radius 2 is 1.32 bits per heavy atom. The van der Waals surface area contributed by atoms with Crippen molar-refractivity contribution in [3.63, 3.8) is 0 Å². The predicted molar refractivity (Wildman–Crippen MR) is 133 cm³/mol. The van der Waals surface area contributed by atoms with Crippen LogP contribution in [0.1, 0.15) is 102 Å². The van der Waals surface area contributed by atoms with E-state index in [9.17, 15) is 0 Å². The molecule has 0 N–H and O–H groups in total. The second-order valence-corrected chi connectivity index (χ2v) is 13.0. The molecule has 4 nitrogen and oxygen atoms in total. The Hall–Kier alpha value is 0.130. The molecule has 0 fully saturated rings. The van der Waals surface area contributed by atoms with Crippen LogP contribution >= 0.6 is 11.6 Å². The van der Waals surface area contributed by atoms with Gasteiger partial charge in [0.2, 0.25) is 0 Å². The normalized spacial score (nSPS) is 16.1. The van der Waals surface area contributed by atoms with E-state index in [0.29, 0.717) is 25.7 Å². The van der Waals surface area contributed by atoms with Crippen molar-refractivity contribution in [2.24, 2.45) is 11.3 Å². The minimum Gasteiger partial charge on any atom is -0.378 e. The van der Waals surface area contributed by atoms with E-state index in [1.165, 1.54) is 0 Å². The van der Waals surface area contributed by atoms with Gasteiger partial charge in [0.15, 0.2) is 0 Å². The third kappa shape index (κ3) is 18.3. The molecule has 0 heterocycles. The zero-order valence-corrected chi connectivity index (χ0v) is 23.4. The molecule has 0 aliphatic heterocycles. The molecule has 2 unspecified atom stereocenters. The molecule has 188 valence electrons. The van der Waals surface area contributed by atoms with E-state index < -0.39 is 0 Å². The topological polar surface area (TPSA) is 36.9 Å². The fourth-order valence-electron chi connectivity index (χ4n) is 3.49. The highest BCUT2D eigenvalue weighted by Gasteiger charge is 2.31. The van der Waals surface area contributed by atoms with Crippen LogP contribution in [0.15, 0.2) is 0 Å². The monoisotopic (exact) mass is 464 g/mol. The summed E-state index contributed by atoms with van der Waals surface area (Å²) in [4.78, 5) is 0. The molecule has 0 saturated heterocycles. The van der Waals surface area contributed by atoms with Crippen molar-refractivity contribution < 1.29 is 18.9 Å². The van der Waals surface area contributed by atoms with Gasteiger partial charge in [-0.05, 0) is 92.9 Å². The summed E-state index contributed by atoms with van der Waals surface area (Å²) in [5, 5.41) is 0. The first-order valence-corrected chi connectivity index (χ1v) is 12.5. The lowest BCUT2D eigenvalue weighted by Crippen LogP contribution is -2.40. The number of hydrogen-bond acceptors (Lipinski definition) is 4. The summed E-state index contributed by atoms with van der Waals surface area (Å²) < 4.78 is 24.7. The lowest BCUT2D eigenvalue weighted by molar-refractivity contribution is -0.151. The Balaban J connectivity index is 4.97. The molecule has 2 atom stereocenters. The molecule has 0 aliphatic rings. The van der Waals surface area contributed by atoms with Gasteiger partial charge in [-0.25, -0.2) is 0 Å². The molecule has 0 radical (unpaired) electrons. The molecule has 0 rings (SSSR count). The van der Waals surface area contributed by atoms with Crippen molar-refractivity contribution in [2.45, 2.75) is 131 Å². The molecule has 0 aromatic rings. The summed E-state index contributed by atoms with van der Waals surface area (Å²) in [6, 6.07) is 0. The molecule has 0 saturated carbocycles. The largest absolute Gasteiger partial charge is 0.378 e. The van der Waals surface area contributed by atoms with E-state index in [2.05, 4.69) is 83.1 Å². The van der Waals surface area contributed by atoms with Gasteiger partial charge in [-0.2, -0.15) is 0 Å². The second kappa shape index (κ2) is 13.1. The molecule has 0 amide bonds. The maximum absolute atomic E-state index is 6.64. The summed E-state index contributed by atoms with van der Waals surface area (Å²) >= 11 is 6.23. The van der Waals surface area contributed by atoms with Crippen LogP contribution in [0.2, 0.25) is 0 Å². The SMILES string of the molecule is CC(C)OCC(CCl)CC(C)(C)OC(COC(C)(C)CCOC(C)(C)C)CC(C)(C)C. The molecule has 0 aromatic carbocycles. The first-order valence-electron chi connectivity index (χ1n) is 12.0. The van der Waals surface area contributed by atoms with Crippen LogP contribution in [0.4, 0.5) is 0 Å². The van der Waals surface area contributed by atoms with Gasteiger partial charge in [0, 0.05) is 12.5 Å². The number of hydrogen-bond donors (Lipinski definition) is 0. The molecular formula is C26H53ClO4. The van der Waals surface area contributed by atoms with Gasteiger partial charge in [-0.15, -0.1) is 11.6 Å². The lowest BCUT2D eigenvalue weighted by atomic mass is 9.88. The molecule has 5 heteroatoms. The van der Waals surface area contributed by atoms with Crippen LogP contribution in [-0.2, 0) is 18.9 Å². The van der Waals surface area contributed by atoms with Crippen LogP contribution < -0.4 is 0 Å². The summed E-state index contributed by atoms with van der Waals surface area (Å²) in [5.41, 5.74) is -0.552. The smallest absolute Gasteiger partial charge is 0.0821 e. The van der Waals surface area contributed by atoms with E-state index in [4.69, 9.17) is 30.5 Å². The van der Waals surface area contributed by atoms with E-state index in [1.54, 1.807) is 0 Å². The highest BCUT2D eigenvalue weighted by Crippen LogP contribution is 2.30. The van der Waals surface area contributed by atoms with Crippen LogP contribution in [0.25, 0.3) is 0 Å². The van der Waals surface area contributed by atoms with Gasteiger partial charge in [0.05, 0.1) is 42.2 Å². The molecule has 0 aromatic heterocycles. The standard InChI is InChI=1S/C26H53ClO4/c1-20(2)28-18-21(17-27)15-26(11,12)31-22(16-23(3,4)5)19-30-25(9,10)13-14-29-24(6,7)8/h20-22H,13-19H2,1-12H3. The van der Waals surface area contributed by atoms with Crippen molar-refractivity contribution >= 4 is 11.6 Å². The van der Waals surface area contributed by atoms with Crippen LogP contribution in [-0.4, -0.2) is 54.7 Å². The summed E-state index contributed by atoms with van der Waals surface area (Å²) in [7, 11) is 0. The Kier molecular flexibility index (Phi) is 13.2. The average molecular weight is 465 g/mol. The quantitative estimate of drug-likeness (QED) is 0.239. The van der Waals surface area contributed by atoms with Gasteiger partial charge >= 0.3 is 0 Å². The van der Waals surface area contributed by atoms with Crippen molar-refractivity contribution in [3.8, 4) is 0 Å². The number of halogens is 1. The van der Waals surface area contributed by atoms with Crippen LogP contribution in [0, 0.1) is 11.3 Å². The highest BCUT2D eigenvalue weighted by atomic mass is 35.5. The minimum atomic E-state index is -0.307. The van der Waals surface area contributed by atoms with Gasteiger partial charge < -0.3 is 18.9 Å². The molecular weight excluding hydrogens is 412 g/mol. The van der Waals surface area contributed by atoms with Crippen molar-refractivity contribution in [1.82, 2.24) is 0 Å². The highest BCUT2D eigenvalue weighted by molar-refractivity contribution is 6.18. The van der Waals surface area contributed by atoms with Gasteiger partial charge in [-0.3, -0.25) is 0 Å². The van der Waals surface area contributed by atoms with Gasteiger partial charge in [0.25, 0.3) is 0 Å². The molecule has 0 spiro atoms. The first-order chi connectivity index (χ1) is 13.8. The third-order valence-corrected chi connectivity index (χ3v) is 5.33. The fourth-order valence-corrected chi connectivity index (χ4v) is 3.69. The number of rotatable bonds is 15. The Labute approximate surface area is 199 Å². The maximum Gasteiger partial charge on any atom is 0.0821 e. The van der Waals surface area contributed by atoms with Crippen molar-refractivity contribution in [3.05, 3.63) is 0 Å². The fraction of sp³-hybridized carbons (Fsp3) is 1.00. The van der Waals surface area contributed by atoms with Crippen molar-refractivity contribution in [2.75, 3.05) is 25.7 Å². The van der Waals surface area contributed by atoms with E-state index in [0.717, 1.165) is 19.3 Å². The third-order valence-electron chi connectivity index (χ3n) is 4.89. The molecule has 31 heavy (non-hydrogen) atoms. The van der Waals surface area contributed by atoms with E-state index in [-0.39, 0.29) is 40.3 Å². The van der Waals surface area contributed by atoms with Crippen molar-refractivity contribution in [1.29, 1.82) is 0 Å². The van der Waals surface area contributed by atoms with E-state index >= 15 is 0 Å². The van der Waals surface area contributed by atoms with Crippen LogP contribution in [0.3, 0.4) is 0 Å². The average Bonchev–Trinajstić information content (AvgIpc) is 2.53. The number of ether oxygens (including phenoxy) is 4. The summed E-state index contributed by atoms with van der Waals surface area (Å²) in [5.74, 6) is 0.835. The first kappa shape index (κ1) is 31.1. The summed E-state index contributed by atoms with van der Waals surface area (Å²) in [6.45, 7) is 27.6. The summed E-state index contributed by atoms with van der Waals surface area (Å²) in [6.07, 6.45) is 2.85. The van der Waals surface area contributed by atoms with Crippen LogP contribution in [0.5, 0.6) is 0 Å². The molecule has 0 aliphatic carbocycles. The Bertz CT molecular complexity index is 475. The zero-order chi connectivity index (χ0) is 24.5. The minimum absolute atomic E-state index is 0.0137.